The maximum Gasteiger partial charge on any atom is 0.296 e. The highest BCUT2D eigenvalue weighted by atomic mass is 16.5. The van der Waals surface area contributed by atoms with Gasteiger partial charge in [0, 0.05) is 6.20 Å². The van der Waals surface area contributed by atoms with E-state index in [0.29, 0.717) is 28.1 Å². The molecule has 1 atom stereocenters. The van der Waals surface area contributed by atoms with Crippen LogP contribution in [0.3, 0.4) is 0 Å². The summed E-state index contributed by atoms with van der Waals surface area (Å²) in [6, 6.07) is 17.3. The normalized spacial score (nSPS) is 15.5. The fourth-order valence-electron chi connectivity index (χ4n) is 3.89. The van der Waals surface area contributed by atoms with Crippen LogP contribution in [0.4, 0.5) is 5.82 Å². The van der Waals surface area contributed by atoms with Crippen molar-refractivity contribution < 1.29 is 13.9 Å². The van der Waals surface area contributed by atoms with Crippen LogP contribution in [0.25, 0.3) is 11.0 Å². The van der Waals surface area contributed by atoms with Crippen LogP contribution in [0.15, 0.2) is 76.1 Å². The lowest BCUT2D eigenvalue weighted by atomic mass is 9.98. The van der Waals surface area contributed by atoms with Crippen LogP contribution in [-0.2, 0) is 0 Å². The molecule has 2 aromatic carbocycles. The van der Waals surface area contributed by atoms with E-state index in [-0.39, 0.29) is 11.2 Å². The monoisotopic (exact) mass is 398 g/mol. The van der Waals surface area contributed by atoms with Gasteiger partial charge in [0.1, 0.15) is 17.2 Å². The number of rotatable bonds is 3. The van der Waals surface area contributed by atoms with Crippen molar-refractivity contribution in [3.63, 3.8) is 0 Å². The van der Waals surface area contributed by atoms with Crippen molar-refractivity contribution in [1.29, 1.82) is 0 Å². The van der Waals surface area contributed by atoms with Crippen molar-refractivity contribution >= 4 is 22.7 Å². The van der Waals surface area contributed by atoms with Crippen molar-refractivity contribution in [2.45, 2.75) is 13.0 Å². The van der Waals surface area contributed by atoms with E-state index in [4.69, 9.17) is 9.15 Å². The summed E-state index contributed by atoms with van der Waals surface area (Å²) in [4.78, 5) is 32.8. The van der Waals surface area contributed by atoms with Crippen LogP contribution < -0.4 is 15.1 Å². The molecular formula is C24H18N2O4. The maximum atomic E-state index is 13.4. The van der Waals surface area contributed by atoms with E-state index in [1.807, 2.05) is 37.3 Å². The predicted molar refractivity (Wildman–Crippen MR) is 113 cm³/mol. The number of pyridine rings is 1. The zero-order chi connectivity index (χ0) is 20.8. The zero-order valence-electron chi connectivity index (χ0n) is 16.5. The molecule has 4 aromatic rings. The number of para-hydroxylation sites is 1. The van der Waals surface area contributed by atoms with E-state index < -0.39 is 11.9 Å². The van der Waals surface area contributed by atoms with Gasteiger partial charge in [0.2, 0.25) is 5.76 Å². The highest BCUT2D eigenvalue weighted by molar-refractivity contribution is 6.10. The second-order valence-corrected chi connectivity index (χ2v) is 7.22. The van der Waals surface area contributed by atoms with Crippen LogP contribution in [0.2, 0.25) is 0 Å². The molecule has 0 spiro atoms. The molecule has 0 saturated carbocycles. The smallest absolute Gasteiger partial charge is 0.296 e. The van der Waals surface area contributed by atoms with Crippen LogP contribution in [-0.4, -0.2) is 18.0 Å². The molecule has 1 amide bonds. The molecule has 0 aliphatic carbocycles. The molecule has 5 rings (SSSR count). The minimum atomic E-state index is -0.668. The van der Waals surface area contributed by atoms with Crippen LogP contribution >= 0.6 is 0 Å². The van der Waals surface area contributed by atoms with Crippen molar-refractivity contribution in [3.05, 3.63) is 99.5 Å². The van der Waals surface area contributed by atoms with Gasteiger partial charge in [-0.2, -0.15) is 0 Å². The maximum absolute atomic E-state index is 13.4. The standard InChI is InChI=1S/C24H18N2O4/c1-14-10-11-19(25-13-14)26-21(15-6-5-7-16(12-15)29-2)20-22(27)17-8-3-4-9-18(17)30-23(20)24(26)28/h3-13,21H,1-2H3/t21-/m1/s1. The molecule has 30 heavy (non-hydrogen) atoms. The molecular weight excluding hydrogens is 380 g/mol. The van der Waals surface area contributed by atoms with E-state index in [1.165, 1.54) is 4.90 Å². The van der Waals surface area contributed by atoms with Crippen molar-refractivity contribution in [2.75, 3.05) is 12.0 Å². The summed E-state index contributed by atoms with van der Waals surface area (Å²) in [7, 11) is 1.58. The van der Waals surface area contributed by atoms with E-state index in [1.54, 1.807) is 43.6 Å². The molecule has 0 N–H and O–H groups in total. The summed E-state index contributed by atoms with van der Waals surface area (Å²) < 4.78 is 11.3. The third-order valence-electron chi connectivity index (χ3n) is 5.33. The minimum absolute atomic E-state index is 0.0499. The van der Waals surface area contributed by atoms with E-state index in [9.17, 15) is 9.59 Å². The Bertz CT molecular complexity index is 1340. The molecule has 6 nitrogen and oxygen atoms in total. The average Bonchev–Trinajstić information content (AvgIpc) is 3.07. The van der Waals surface area contributed by atoms with Crippen molar-refractivity contribution in [1.82, 2.24) is 4.98 Å². The third kappa shape index (κ3) is 2.69. The number of carbonyl (C=O) groups is 1. The van der Waals surface area contributed by atoms with Gasteiger partial charge in [0.25, 0.3) is 5.91 Å². The number of anilines is 1. The fraction of sp³-hybridized carbons (Fsp3) is 0.125. The first-order chi connectivity index (χ1) is 14.6. The number of carbonyl (C=O) groups excluding carboxylic acids is 1. The van der Waals surface area contributed by atoms with Crippen LogP contribution in [0.5, 0.6) is 5.75 Å². The van der Waals surface area contributed by atoms with Gasteiger partial charge in [-0.15, -0.1) is 0 Å². The Morgan fingerprint density at radius 1 is 1.03 bits per heavy atom. The van der Waals surface area contributed by atoms with Gasteiger partial charge in [-0.25, -0.2) is 4.98 Å². The molecule has 0 bridgehead atoms. The molecule has 6 heteroatoms. The third-order valence-corrected chi connectivity index (χ3v) is 5.33. The summed E-state index contributed by atoms with van der Waals surface area (Å²) >= 11 is 0. The second kappa shape index (κ2) is 6.84. The van der Waals surface area contributed by atoms with Gasteiger partial charge in [-0.05, 0) is 48.4 Å². The Morgan fingerprint density at radius 2 is 1.87 bits per heavy atom. The summed E-state index contributed by atoms with van der Waals surface area (Å²) in [6.07, 6.45) is 1.69. The highest BCUT2D eigenvalue weighted by Gasteiger charge is 2.44. The number of fused-ring (bicyclic) bond motifs is 2. The topological polar surface area (TPSA) is 72.6 Å². The Morgan fingerprint density at radius 3 is 2.63 bits per heavy atom. The molecule has 148 valence electrons. The molecule has 0 fully saturated rings. The van der Waals surface area contributed by atoms with Gasteiger partial charge in [0.05, 0.1) is 24.1 Å². The quantitative estimate of drug-likeness (QED) is 0.516. The second-order valence-electron chi connectivity index (χ2n) is 7.22. The van der Waals surface area contributed by atoms with Gasteiger partial charge in [-0.1, -0.05) is 30.3 Å². The number of methoxy groups -OCH3 is 1. The fourth-order valence-corrected chi connectivity index (χ4v) is 3.89. The van der Waals surface area contributed by atoms with E-state index >= 15 is 0 Å². The Hall–Kier alpha value is -3.93. The first-order valence-electron chi connectivity index (χ1n) is 9.54. The predicted octanol–water partition coefficient (Wildman–Crippen LogP) is 4.25. The lowest BCUT2D eigenvalue weighted by Crippen LogP contribution is -2.30. The number of nitrogens with zero attached hydrogens (tertiary/aromatic N) is 2. The molecule has 1 aliphatic heterocycles. The van der Waals surface area contributed by atoms with Gasteiger partial charge >= 0.3 is 0 Å². The zero-order valence-corrected chi connectivity index (χ0v) is 16.5. The first-order valence-corrected chi connectivity index (χ1v) is 9.54. The number of aromatic nitrogens is 1. The Labute approximate surface area is 172 Å². The van der Waals surface area contributed by atoms with Gasteiger partial charge < -0.3 is 9.15 Å². The Balaban J connectivity index is 1.81. The summed E-state index contributed by atoms with van der Waals surface area (Å²) in [5.74, 6) is 0.745. The van der Waals surface area contributed by atoms with Gasteiger partial charge in [0.15, 0.2) is 5.43 Å². The summed E-state index contributed by atoms with van der Waals surface area (Å²) in [5, 5.41) is 0.440. The number of hydrogen-bond acceptors (Lipinski definition) is 5. The SMILES string of the molecule is COc1cccc([C@@H]2c3c(oc4ccccc4c3=O)C(=O)N2c2ccc(C)cn2)c1. The number of amides is 1. The van der Waals surface area contributed by atoms with E-state index in [2.05, 4.69) is 4.98 Å². The van der Waals surface area contributed by atoms with E-state index in [0.717, 1.165) is 11.1 Å². The average molecular weight is 398 g/mol. The molecule has 3 heterocycles. The van der Waals surface area contributed by atoms with Crippen LogP contribution in [0.1, 0.15) is 33.3 Å². The molecule has 0 radical (unpaired) electrons. The molecule has 0 unspecified atom stereocenters. The lowest BCUT2D eigenvalue weighted by Gasteiger charge is -2.24. The molecule has 2 aromatic heterocycles. The number of hydrogen-bond donors (Lipinski definition) is 0. The lowest BCUT2D eigenvalue weighted by molar-refractivity contribution is 0.0970. The summed E-state index contributed by atoms with van der Waals surface area (Å²) in [6.45, 7) is 1.93. The van der Waals surface area contributed by atoms with Gasteiger partial charge in [-0.3, -0.25) is 14.5 Å². The van der Waals surface area contributed by atoms with Crippen molar-refractivity contribution in [2.24, 2.45) is 0 Å². The number of aryl methyl sites for hydroxylation is 1. The number of ether oxygens (including phenoxy) is 1. The summed E-state index contributed by atoms with van der Waals surface area (Å²) in [5.41, 5.74) is 2.20. The van der Waals surface area contributed by atoms with Crippen molar-refractivity contribution in [3.8, 4) is 5.75 Å². The largest absolute Gasteiger partial charge is 0.497 e. The van der Waals surface area contributed by atoms with Crippen LogP contribution in [0, 0.1) is 6.92 Å². The minimum Gasteiger partial charge on any atom is -0.497 e. The number of benzene rings is 2. The molecule has 0 saturated heterocycles. The molecule has 1 aliphatic rings. The highest BCUT2D eigenvalue weighted by Crippen LogP contribution is 2.41. The first kappa shape index (κ1) is 18.1. The Kier molecular flexibility index (Phi) is 4.13.